The highest BCUT2D eigenvalue weighted by atomic mass is 32.2. The molecule has 3 N–H and O–H groups in total. The number of imidazole rings is 1. The molecule has 1 heterocycles. The van der Waals surface area contributed by atoms with Gasteiger partial charge in [0.1, 0.15) is 0 Å². The molecule has 2 aromatic rings. The first-order valence-electron chi connectivity index (χ1n) is 4.92. The van der Waals surface area contributed by atoms with E-state index in [-0.39, 0.29) is 10.8 Å². The van der Waals surface area contributed by atoms with E-state index < -0.39 is 10.0 Å². The maximum absolute atomic E-state index is 11.9. The number of H-pyrrole nitrogens is 1. The molecular formula is C10H12N4O2S. The second-order valence-electron chi connectivity index (χ2n) is 3.32. The van der Waals surface area contributed by atoms with Crippen molar-refractivity contribution >= 4 is 21.7 Å². The summed E-state index contributed by atoms with van der Waals surface area (Å²) in [5, 5.41) is 2.92. The van der Waals surface area contributed by atoms with Crippen LogP contribution in [0.3, 0.4) is 0 Å². The van der Waals surface area contributed by atoms with Crippen molar-refractivity contribution < 1.29 is 8.42 Å². The lowest BCUT2D eigenvalue weighted by molar-refractivity contribution is 0.601. The smallest absolute Gasteiger partial charge is 0.264 e. The zero-order valence-electron chi connectivity index (χ0n) is 9.14. The molecule has 7 heteroatoms. The van der Waals surface area contributed by atoms with Crippen molar-refractivity contribution in [3.63, 3.8) is 0 Å². The number of nitrogens with one attached hydrogen (secondary N) is 3. The van der Waals surface area contributed by atoms with Crippen LogP contribution in [0, 0.1) is 0 Å². The van der Waals surface area contributed by atoms with Crippen molar-refractivity contribution in [1.82, 2.24) is 9.97 Å². The summed E-state index contributed by atoms with van der Waals surface area (Å²) >= 11 is 0. The minimum Gasteiger partial charge on any atom is -0.388 e. The summed E-state index contributed by atoms with van der Waals surface area (Å²) in [7, 11) is -1.81. The summed E-state index contributed by atoms with van der Waals surface area (Å²) in [4.78, 5) is 6.66. The topological polar surface area (TPSA) is 86.9 Å². The summed E-state index contributed by atoms with van der Waals surface area (Å²) in [6, 6.07) is 6.43. The van der Waals surface area contributed by atoms with Crippen LogP contribution in [0.1, 0.15) is 0 Å². The van der Waals surface area contributed by atoms with Crippen LogP contribution in [0.15, 0.2) is 41.6 Å². The molecule has 0 aliphatic rings. The lowest BCUT2D eigenvalue weighted by atomic mass is 10.3. The monoisotopic (exact) mass is 252 g/mol. The Morgan fingerprint density at radius 3 is 2.47 bits per heavy atom. The molecule has 0 radical (unpaired) electrons. The Bertz CT molecular complexity index is 575. The number of sulfonamides is 1. The van der Waals surface area contributed by atoms with Crippen molar-refractivity contribution in [3.8, 4) is 0 Å². The van der Waals surface area contributed by atoms with Gasteiger partial charge in [0.05, 0.1) is 4.90 Å². The molecule has 0 saturated carbocycles. The minimum atomic E-state index is -3.58. The van der Waals surface area contributed by atoms with Crippen molar-refractivity contribution in [2.45, 2.75) is 4.90 Å². The first kappa shape index (κ1) is 11.5. The van der Waals surface area contributed by atoms with Gasteiger partial charge in [0.25, 0.3) is 10.0 Å². The van der Waals surface area contributed by atoms with E-state index in [4.69, 9.17) is 0 Å². The number of hydrogen-bond donors (Lipinski definition) is 3. The first-order chi connectivity index (χ1) is 8.12. The van der Waals surface area contributed by atoms with Gasteiger partial charge in [-0.1, -0.05) is 0 Å². The second kappa shape index (κ2) is 4.46. The summed E-state index contributed by atoms with van der Waals surface area (Å²) in [5.41, 5.74) is 0.849. The van der Waals surface area contributed by atoms with Gasteiger partial charge in [0.15, 0.2) is 0 Å². The standard InChI is InChI=1S/C10H12N4O2S/c1-11-8-2-4-9(5-3-8)17(15,16)14-10-12-6-7-13-10/h2-7,11H,1H3,(H2,12,13,14). The molecule has 0 aliphatic heterocycles. The zero-order valence-corrected chi connectivity index (χ0v) is 9.95. The molecule has 1 aromatic heterocycles. The van der Waals surface area contributed by atoms with E-state index in [1.165, 1.54) is 18.3 Å². The lowest BCUT2D eigenvalue weighted by Gasteiger charge is -2.06. The number of nitrogens with zero attached hydrogens (tertiary/aromatic N) is 1. The fourth-order valence-electron chi connectivity index (χ4n) is 1.31. The van der Waals surface area contributed by atoms with Gasteiger partial charge in [0.2, 0.25) is 5.95 Å². The predicted molar refractivity (Wildman–Crippen MR) is 65.4 cm³/mol. The van der Waals surface area contributed by atoms with Gasteiger partial charge >= 0.3 is 0 Å². The zero-order chi connectivity index (χ0) is 12.3. The normalized spacial score (nSPS) is 11.1. The summed E-state index contributed by atoms with van der Waals surface area (Å²) in [5.74, 6) is 0.197. The van der Waals surface area contributed by atoms with Crippen molar-refractivity contribution in [1.29, 1.82) is 0 Å². The van der Waals surface area contributed by atoms with Gasteiger partial charge in [0, 0.05) is 25.1 Å². The van der Waals surface area contributed by atoms with Crippen LogP contribution in [0.2, 0.25) is 0 Å². The molecule has 0 amide bonds. The quantitative estimate of drug-likeness (QED) is 0.764. The van der Waals surface area contributed by atoms with E-state index >= 15 is 0 Å². The van der Waals surface area contributed by atoms with Crippen LogP contribution < -0.4 is 10.0 Å². The molecular weight excluding hydrogens is 240 g/mol. The summed E-state index contributed by atoms with van der Waals surface area (Å²) < 4.78 is 26.2. The van der Waals surface area contributed by atoms with Crippen LogP contribution in [0.25, 0.3) is 0 Å². The van der Waals surface area contributed by atoms with Gasteiger partial charge in [-0.25, -0.2) is 18.1 Å². The van der Waals surface area contributed by atoms with E-state index in [1.807, 2.05) is 0 Å². The Hall–Kier alpha value is -2.02. The van der Waals surface area contributed by atoms with Gasteiger partial charge in [-0.15, -0.1) is 0 Å². The largest absolute Gasteiger partial charge is 0.388 e. The maximum atomic E-state index is 11.9. The van der Waals surface area contributed by atoms with Crippen LogP contribution in [0.4, 0.5) is 11.6 Å². The van der Waals surface area contributed by atoms with Gasteiger partial charge in [-0.2, -0.15) is 0 Å². The molecule has 0 bridgehead atoms. The molecule has 1 aromatic carbocycles. The van der Waals surface area contributed by atoms with Crippen LogP contribution in [-0.2, 0) is 10.0 Å². The van der Waals surface area contributed by atoms with E-state index in [9.17, 15) is 8.42 Å². The number of benzene rings is 1. The Balaban J connectivity index is 2.25. The summed E-state index contributed by atoms with van der Waals surface area (Å²) in [6.07, 6.45) is 3.02. The average molecular weight is 252 g/mol. The van der Waals surface area contributed by atoms with Crippen LogP contribution in [-0.4, -0.2) is 25.4 Å². The summed E-state index contributed by atoms with van der Waals surface area (Å²) in [6.45, 7) is 0. The maximum Gasteiger partial charge on any atom is 0.264 e. The lowest BCUT2D eigenvalue weighted by Crippen LogP contribution is -2.13. The van der Waals surface area contributed by atoms with Gasteiger partial charge in [-0.3, -0.25) is 0 Å². The minimum absolute atomic E-state index is 0.188. The van der Waals surface area contributed by atoms with Gasteiger partial charge in [-0.05, 0) is 24.3 Å². The molecule has 0 unspecified atom stereocenters. The van der Waals surface area contributed by atoms with Gasteiger partial charge < -0.3 is 10.3 Å². The van der Waals surface area contributed by atoms with E-state index in [2.05, 4.69) is 20.0 Å². The first-order valence-corrected chi connectivity index (χ1v) is 6.40. The predicted octanol–water partition coefficient (Wildman–Crippen LogP) is 1.25. The fraction of sp³-hybridized carbons (Fsp3) is 0.100. The number of aromatic amines is 1. The number of anilines is 2. The highest BCUT2D eigenvalue weighted by molar-refractivity contribution is 7.92. The van der Waals surface area contributed by atoms with E-state index in [1.54, 1.807) is 25.4 Å². The molecule has 2 rings (SSSR count). The van der Waals surface area contributed by atoms with Crippen LogP contribution in [0.5, 0.6) is 0 Å². The molecule has 0 aliphatic carbocycles. The van der Waals surface area contributed by atoms with E-state index in [0.717, 1.165) is 5.69 Å². The van der Waals surface area contributed by atoms with E-state index in [0.29, 0.717) is 0 Å². The van der Waals surface area contributed by atoms with Crippen LogP contribution >= 0.6 is 0 Å². The highest BCUT2D eigenvalue weighted by Gasteiger charge is 2.14. The number of rotatable bonds is 4. The SMILES string of the molecule is CNc1ccc(S(=O)(=O)Nc2ncc[nH]2)cc1. The third kappa shape index (κ3) is 2.56. The Morgan fingerprint density at radius 1 is 1.24 bits per heavy atom. The molecule has 0 saturated heterocycles. The van der Waals surface area contributed by atoms with Crippen molar-refractivity contribution in [2.24, 2.45) is 0 Å². The molecule has 0 spiro atoms. The Kier molecular flexibility index (Phi) is 3.01. The average Bonchev–Trinajstić information content (AvgIpc) is 2.81. The molecule has 17 heavy (non-hydrogen) atoms. The Morgan fingerprint density at radius 2 is 1.94 bits per heavy atom. The fourth-order valence-corrected chi connectivity index (χ4v) is 2.29. The van der Waals surface area contributed by atoms with Crippen molar-refractivity contribution in [3.05, 3.63) is 36.7 Å². The third-order valence-corrected chi connectivity index (χ3v) is 3.54. The molecule has 0 fully saturated rings. The van der Waals surface area contributed by atoms with Crippen molar-refractivity contribution in [2.75, 3.05) is 17.1 Å². The second-order valence-corrected chi connectivity index (χ2v) is 5.00. The number of hydrogen-bond acceptors (Lipinski definition) is 4. The third-order valence-electron chi connectivity index (χ3n) is 2.18. The molecule has 90 valence electrons. The molecule has 0 atom stereocenters. The molecule has 6 nitrogen and oxygen atoms in total. The number of aromatic nitrogens is 2. The Labute approximate surface area is 99.1 Å². The highest BCUT2D eigenvalue weighted by Crippen LogP contribution is 2.15.